The smallest absolute Gasteiger partial charge is 0.338 e. The Morgan fingerprint density at radius 2 is 1.39 bits per heavy atom. The van der Waals surface area contributed by atoms with Crippen LogP contribution < -0.4 is 0 Å². The van der Waals surface area contributed by atoms with E-state index in [-0.39, 0.29) is 13.2 Å². The summed E-state index contributed by atoms with van der Waals surface area (Å²) in [5.41, 5.74) is 2.88. The van der Waals surface area contributed by atoms with Crippen LogP contribution >= 0.6 is 0 Å². The first kappa shape index (κ1) is 24.9. The van der Waals surface area contributed by atoms with Crippen LogP contribution in [0.2, 0.25) is 0 Å². The monoisotopic (exact) mass is 458 g/mol. The minimum atomic E-state index is -0.855. The van der Waals surface area contributed by atoms with Crippen molar-refractivity contribution in [1.82, 2.24) is 0 Å². The van der Waals surface area contributed by atoms with Crippen molar-refractivity contribution in [2.24, 2.45) is 0 Å². The van der Waals surface area contributed by atoms with E-state index in [1.165, 1.54) is 7.11 Å². The number of carbonyl (C=O) groups is 2. The molecule has 0 N–H and O–H groups in total. The number of hydrogen-bond donors (Lipinski definition) is 0. The molecule has 0 unspecified atom stereocenters. The summed E-state index contributed by atoms with van der Waals surface area (Å²) in [6, 6.07) is 14.1. The fourth-order valence-corrected chi connectivity index (χ4v) is 3.41. The molecular weight excluding hydrogens is 428 g/mol. The van der Waals surface area contributed by atoms with Gasteiger partial charge in [0.05, 0.1) is 24.3 Å². The largest absolute Gasteiger partial charge is 0.459 e. The zero-order chi connectivity index (χ0) is 23.8. The van der Waals surface area contributed by atoms with E-state index in [0.717, 1.165) is 11.1 Å². The molecule has 0 radical (unpaired) electrons. The van der Waals surface area contributed by atoms with Gasteiger partial charge in [-0.25, -0.2) is 9.59 Å². The van der Waals surface area contributed by atoms with Gasteiger partial charge in [0.2, 0.25) is 0 Å². The average molecular weight is 459 g/mol. The van der Waals surface area contributed by atoms with Gasteiger partial charge in [0.1, 0.15) is 18.8 Å². The Morgan fingerprint density at radius 3 is 1.94 bits per heavy atom. The second kappa shape index (κ2) is 11.9. The number of methoxy groups -OCH3 is 2. The van der Waals surface area contributed by atoms with Crippen LogP contribution in [0.15, 0.2) is 48.5 Å². The highest BCUT2D eigenvalue weighted by Crippen LogP contribution is 2.29. The first-order chi connectivity index (χ1) is 15.9. The predicted molar refractivity (Wildman–Crippen MR) is 119 cm³/mol. The van der Waals surface area contributed by atoms with Gasteiger partial charge in [-0.05, 0) is 38.1 Å². The van der Waals surface area contributed by atoms with Crippen LogP contribution in [-0.4, -0.2) is 70.6 Å². The van der Waals surface area contributed by atoms with Crippen LogP contribution in [-0.2, 0) is 28.4 Å². The van der Waals surface area contributed by atoms with Crippen LogP contribution in [0.5, 0.6) is 0 Å². The summed E-state index contributed by atoms with van der Waals surface area (Å²) in [6.45, 7) is 4.32. The summed E-state index contributed by atoms with van der Waals surface area (Å²) in [4.78, 5) is 25.3. The van der Waals surface area contributed by atoms with E-state index in [9.17, 15) is 9.59 Å². The summed E-state index contributed by atoms with van der Waals surface area (Å²) >= 11 is 0. The average Bonchev–Trinajstić information content (AvgIpc) is 3.14. The van der Waals surface area contributed by atoms with Crippen molar-refractivity contribution in [2.45, 2.75) is 38.4 Å². The van der Waals surface area contributed by atoms with E-state index in [4.69, 9.17) is 28.4 Å². The molecule has 178 valence electrons. The number of rotatable bonds is 10. The van der Waals surface area contributed by atoms with Crippen molar-refractivity contribution >= 4 is 11.9 Å². The van der Waals surface area contributed by atoms with E-state index in [2.05, 4.69) is 0 Å². The number of hydrogen-bond acceptors (Lipinski definition) is 8. The molecule has 8 heteroatoms. The molecule has 0 bridgehead atoms. The number of ether oxygens (including phenoxy) is 6. The fourth-order valence-electron chi connectivity index (χ4n) is 3.41. The lowest BCUT2D eigenvalue weighted by Crippen LogP contribution is -2.41. The zero-order valence-corrected chi connectivity index (χ0v) is 19.3. The lowest BCUT2D eigenvalue weighted by atomic mass is 10.1. The Balaban J connectivity index is 1.73. The number of esters is 2. The number of aryl methyl sites for hydroxylation is 2. The molecule has 0 saturated carbocycles. The van der Waals surface area contributed by atoms with Gasteiger partial charge in [0.15, 0.2) is 12.4 Å². The molecule has 1 aliphatic heterocycles. The molecule has 2 aromatic carbocycles. The maximum absolute atomic E-state index is 12.8. The van der Waals surface area contributed by atoms with E-state index in [0.29, 0.717) is 17.7 Å². The second-order valence-corrected chi connectivity index (χ2v) is 7.81. The van der Waals surface area contributed by atoms with Crippen molar-refractivity contribution in [3.05, 3.63) is 70.8 Å². The molecule has 1 fully saturated rings. The zero-order valence-electron chi connectivity index (χ0n) is 19.3. The van der Waals surface area contributed by atoms with Crippen LogP contribution in [0.4, 0.5) is 0 Å². The fraction of sp³-hybridized carbons (Fsp3) is 0.440. The molecule has 0 aliphatic carbocycles. The predicted octanol–water partition coefficient (Wildman–Crippen LogP) is 3.09. The van der Waals surface area contributed by atoms with Gasteiger partial charge < -0.3 is 28.4 Å². The highest BCUT2D eigenvalue weighted by atomic mass is 16.7. The van der Waals surface area contributed by atoms with E-state index >= 15 is 0 Å². The van der Waals surface area contributed by atoms with Gasteiger partial charge in [-0.3, -0.25) is 0 Å². The molecule has 4 atom stereocenters. The van der Waals surface area contributed by atoms with Gasteiger partial charge in [-0.2, -0.15) is 0 Å². The normalized spacial score (nSPS) is 22.2. The van der Waals surface area contributed by atoms with Gasteiger partial charge >= 0.3 is 11.9 Å². The highest BCUT2D eigenvalue weighted by molar-refractivity contribution is 5.90. The molecule has 33 heavy (non-hydrogen) atoms. The van der Waals surface area contributed by atoms with Crippen molar-refractivity contribution in [3.63, 3.8) is 0 Å². The Morgan fingerprint density at radius 1 is 0.818 bits per heavy atom. The number of benzene rings is 2. The SMILES string of the molecule is COCCO[C@H]1[C@@H](OC)O[C@H](COC(=O)c2ccc(C)cc2)[C@H]1OC(=O)c1ccc(C)cc1. The van der Waals surface area contributed by atoms with Crippen LogP contribution in [0.25, 0.3) is 0 Å². The summed E-state index contributed by atoms with van der Waals surface area (Å²) in [7, 11) is 3.03. The first-order valence-electron chi connectivity index (χ1n) is 10.7. The third kappa shape index (κ3) is 6.61. The molecule has 0 spiro atoms. The lowest BCUT2D eigenvalue weighted by molar-refractivity contribution is -0.167. The van der Waals surface area contributed by atoms with Crippen molar-refractivity contribution in [3.8, 4) is 0 Å². The van der Waals surface area contributed by atoms with Crippen molar-refractivity contribution < 1.29 is 38.0 Å². The molecule has 2 aromatic rings. The Hall–Kier alpha value is -2.78. The molecule has 0 amide bonds. The molecule has 8 nitrogen and oxygen atoms in total. The number of carbonyl (C=O) groups excluding carboxylic acids is 2. The molecule has 1 saturated heterocycles. The summed E-state index contributed by atoms with van der Waals surface area (Å²) in [5.74, 6) is -1.03. The van der Waals surface area contributed by atoms with Crippen LogP contribution in [0, 0.1) is 13.8 Å². The lowest BCUT2D eigenvalue weighted by Gasteiger charge is -2.24. The topological polar surface area (TPSA) is 89.5 Å². The summed E-state index contributed by atoms with van der Waals surface area (Å²) < 4.78 is 33.4. The third-order valence-electron chi connectivity index (χ3n) is 5.29. The quantitative estimate of drug-likeness (QED) is 0.396. The summed E-state index contributed by atoms with van der Waals surface area (Å²) in [6.07, 6.45) is -3.15. The van der Waals surface area contributed by atoms with Gasteiger partial charge in [-0.15, -0.1) is 0 Å². The standard InChI is InChI=1S/C25H30O8/c1-16-5-9-18(10-6-16)23(26)31-15-20-21(22(25(29-4)32-20)30-14-13-28-3)33-24(27)19-11-7-17(2)8-12-19/h5-12,20-22,25H,13-15H2,1-4H3/t20-,21-,22-,25+/m1/s1. The molecule has 1 heterocycles. The maximum Gasteiger partial charge on any atom is 0.338 e. The second-order valence-electron chi connectivity index (χ2n) is 7.81. The minimum absolute atomic E-state index is 0.136. The van der Waals surface area contributed by atoms with E-state index < -0.39 is 36.5 Å². The Kier molecular flexibility index (Phi) is 8.96. The van der Waals surface area contributed by atoms with Crippen molar-refractivity contribution in [2.75, 3.05) is 34.0 Å². The van der Waals surface area contributed by atoms with E-state index in [1.54, 1.807) is 31.4 Å². The van der Waals surface area contributed by atoms with Gasteiger partial charge in [-0.1, -0.05) is 35.4 Å². The molecular formula is C25H30O8. The molecule has 1 aliphatic rings. The summed E-state index contributed by atoms with van der Waals surface area (Å²) in [5, 5.41) is 0. The molecule has 0 aromatic heterocycles. The maximum atomic E-state index is 12.8. The first-order valence-corrected chi connectivity index (χ1v) is 10.7. The van der Waals surface area contributed by atoms with Crippen LogP contribution in [0.1, 0.15) is 31.8 Å². The highest BCUT2D eigenvalue weighted by Gasteiger charge is 2.49. The van der Waals surface area contributed by atoms with Gasteiger partial charge in [0.25, 0.3) is 0 Å². The minimum Gasteiger partial charge on any atom is -0.459 e. The Bertz CT molecular complexity index is 909. The Labute approximate surface area is 193 Å². The van der Waals surface area contributed by atoms with Crippen LogP contribution in [0.3, 0.4) is 0 Å². The van der Waals surface area contributed by atoms with E-state index in [1.807, 2.05) is 38.1 Å². The van der Waals surface area contributed by atoms with Crippen molar-refractivity contribution in [1.29, 1.82) is 0 Å². The van der Waals surface area contributed by atoms with Gasteiger partial charge in [0, 0.05) is 14.2 Å². The third-order valence-corrected chi connectivity index (χ3v) is 5.29. The molecule has 3 rings (SSSR count).